The third-order valence-electron chi connectivity index (χ3n) is 3.92. The van der Waals surface area contributed by atoms with Gasteiger partial charge in [-0.15, -0.1) is 0 Å². The van der Waals surface area contributed by atoms with Crippen molar-refractivity contribution in [2.45, 2.75) is 68.3 Å². The van der Waals surface area contributed by atoms with Crippen LogP contribution in [0, 0.1) is 0 Å². The van der Waals surface area contributed by atoms with Crippen molar-refractivity contribution in [1.82, 2.24) is 0 Å². The highest BCUT2D eigenvalue weighted by Gasteiger charge is 2.50. The lowest BCUT2D eigenvalue weighted by Gasteiger charge is -2.40. The second-order valence-corrected chi connectivity index (χ2v) is 5.51. The maximum atomic E-state index is 9.91. The zero-order valence-electron chi connectivity index (χ0n) is 11.8. The predicted molar refractivity (Wildman–Crippen MR) is 67.2 cm³/mol. The molecule has 0 amide bonds. The van der Waals surface area contributed by atoms with Gasteiger partial charge in [-0.1, -0.05) is 0 Å². The topological polar surface area (TPSA) is 169 Å². The summed E-state index contributed by atoms with van der Waals surface area (Å²) in [5.74, 6) is 0. The molecule has 10 atom stereocenters. The van der Waals surface area contributed by atoms with E-state index >= 15 is 0 Å². The largest absolute Gasteiger partial charge is 0.394 e. The zero-order chi connectivity index (χ0) is 16.6. The van der Waals surface area contributed by atoms with E-state index in [0.29, 0.717) is 0 Å². The van der Waals surface area contributed by atoms with Crippen molar-refractivity contribution >= 4 is 0 Å². The molecule has 2 rings (SSSR count). The second kappa shape index (κ2) is 7.01. The van der Waals surface area contributed by atoms with E-state index in [2.05, 4.69) is 0 Å². The molecule has 2 aliphatic rings. The molecule has 0 bridgehead atoms. The molecule has 0 saturated carbocycles. The van der Waals surface area contributed by atoms with Crippen molar-refractivity contribution < 1.29 is 50.0 Å². The van der Waals surface area contributed by atoms with Gasteiger partial charge in [0.2, 0.25) is 0 Å². The van der Waals surface area contributed by atoms with Gasteiger partial charge in [0.1, 0.15) is 42.7 Å². The summed E-state index contributed by atoms with van der Waals surface area (Å²) in [6.45, 7) is 0.751. The lowest BCUT2D eigenvalue weighted by Crippen LogP contribution is -2.59. The molecule has 0 radical (unpaired) electrons. The number of aliphatic hydroxyl groups is 7. The van der Waals surface area contributed by atoms with Gasteiger partial charge in [-0.2, -0.15) is 0 Å². The molecule has 0 aromatic carbocycles. The Kier molecular flexibility index (Phi) is 5.72. The summed E-state index contributed by atoms with van der Waals surface area (Å²) in [6.07, 6.45) is -14.0. The van der Waals surface area contributed by atoms with Crippen LogP contribution in [0.25, 0.3) is 0 Å². The average molecular weight is 326 g/mol. The molecule has 0 aliphatic carbocycles. The van der Waals surface area contributed by atoms with Crippen molar-refractivity contribution in [3.63, 3.8) is 0 Å². The SMILES string of the molecule is C[C@@H]1O[C@@H](O)[C@H](O[C@H]2O[C@@H]([C@H](O)CO)[C@H](O)[C@H]2O)[C@H](O)[C@H]1O. The molecule has 0 spiro atoms. The highest BCUT2D eigenvalue weighted by molar-refractivity contribution is 4.93. The normalized spacial score (nSPS) is 51.0. The monoisotopic (exact) mass is 326 g/mol. The Morgan fingerprint density at radius 3 is 2.18 bits per heavy atom. The van der Waals surface area contributed by atoms with Gasteiger partial charge in [0, 0.05) is 0 Å². The Balaban J connectivity index is 2.04. The van der Waals surface area contributed by atoms with Gasteiger partial charge in [-0.05, 0) is 6.92 Å². The molecule has 2 fully saturated rings. The third-order valence-corrected chi connectivity index (χ3v) is 3.92. The molecule has 7 N–H and O–H groups in total. The zero-order valence-corrected chi connectivity index (χ0v) is 11.8. The molecule has 10 nitrogen and oxygen atoms in total. The summed E-state index contributed by atoms with van der Waals surface area (Å²) in [5.41, 5.74) is 0. The Hall–Kier alpha value is -0.400. The van der Waals surface area contributed by atoms with Crippen LogP contribution < -0.4 is 0 Å². The van der Waals surface area contributed by atoms with Crippen LogP contribution in [0.15, 0.2) is 0 Å². The van der Waals surface area contributed by atoms with Gasteiger partial charge in [0.15, 0.2) is 12.6 Å². The fraction of sp³-hybridized carbons (Fsp3) is 1.00. The molecule has 22 heavy (non-hydrogen) atoms. The van der Waals surface area contributed by atoms with Crippen LogP contribution in [0.4, 0.5) is 0 Å². The van der Waals surface area contributed by atoms with Gasteiger partial charge in [-0.3, -0.25) is 0 Å². The Morgan fingerprint density at radius 1 is 0.955 bits per heavy atom. The van der Waals surface area contributed by atoms with Crippen molar-refractivity contribution in [2.24, 2.45) is 0 Å². The first-order valence-corrected chi connectivity index (χ1v) is 6.93. The van der Waals surface area contributed by atoms with Gasteiger partial charge in [0.05, 0.1) is 12.7 Å². The van der Waals surface area contributed by atoms with Gasteiger partial charge >= 0.3 is 0 Å². The van der Waals surface area contributed by atoms with Crippen LogP contribution >= 0.6 is 0 Å². The number of hydrogen-bond donors (Lipinski definition) is 7. The van der Waals surface area contributed by atoms with Crippen LogP contribution in [0.3, 0.4) is 0 Å². The molecule has 2 heterocycles. The second-order valence-electron chi connectivity index (χ2n) is 5.51. The third kappa shape index (κ3) is 3.26. The standard InChI is InChI=1S/C12H22O10/c1-3-5(15)6(16)10(11(19)20-3)22-12-8(18)7(17)9(21-12)4(14)2-13/h3-19H,2H2,1H3/t3-,4+,5-,6+,7+,8+,9-,10+,11+,12+/m0/s1. The quantitative estimate of drug-likeness (QED) is 0.268. The number of hydrogen-bond acceptors (Lipinski definition) is 10. The van der Waals surface area contributed by atoms with E-state index < -0.39 is 68.0 Å². The lowest BCUT2D eigenvalue weighted by atomic mass is 10.00. The fourth-order valence-corrected chi connectivity index (χ4v) is 2.53. The minimum atomic E-state index is -1.58. The molecule has 0 aromatic heterocycles. The van der Waals surface area contributed by atoms with Crippen LogP contribution in [0.2, 0.25) is 0 Å². The Labute approximate surface area is 126 Å². The fourth-order valence-electron chi connectivity index (χ4n) is 2.53. The highest BCUT2D eigenvalue weighted by Crippen LogP contribution is 2.29. The molecular weight excluding hydrogens is 304 g/mol. The minimum absolute atomic E-state index is 0.699. The Bertz CT molecular complexity index is 368. The summed E-state index contributed by atoms with van der Waals surface area (Å²) >= 11 is 0. The average Bonchev–Trinajstić information content (AvgIpc) is 2.77. The first kappa shape index (κ1) is 17.9. The number of rotatable bonds is 4. The molecule has 0 unspecified atom stereocenters. The van der Waals surface area contributed by atoms with E-state index in [9.17, 15) is 30.6 Å². The van der Waals surface area contributed by atoms with Crippen molar-refractivity contribution in [3.05, 3.63) is 0 Å². The Morgan fingerprint density at radius 2 is 1.59 bits per heavy atom. The van der Waals surface area contributed by atoms with Crippen molar-refractivity contribution in [1.29, 1.82) is 0 Å². The van der Waals surface area contributed by atoms with Crippen molar-refractivity contribution in [2.75, 3.05) is 6.61 Å². The summed E-state index contributed by atoms with van der Waals surface area (Å²) in [7, 11) is 0. The lowest BCUT2D eigenvalue weighted by molar-refractivity contribution is -0.323. The summed E-state index contributed by atoms with van der Waals surface area (Å²) < 4.78 is 15.3. The summed E-state index contributed by atoms with van der Waals surface area (Å²) in [6, 6.07) is 0. The van der Waals surface area contributed by atoms with E-state index in [1.165, 1.54) is 6.92 Å². The summed E-state index contributed by atoms with van der Waals surface area (Å²) in [4.78, 5) is 0. The van der Waals surface area contributed by atoms with Crippen LogP contribution in [0.1, 0.15) is 6.92 Å². The molecular formula is C12H22O10. The van der Waals surface area contributed by atoms with E-state index in [0.717, 1.165) is 0 Å². The molecule has 2 saturated heterocycles. The smallest absolute Gasteiger partial charge is 0.187 e. The first-order valence-electron chi connectivity index (χ1n) is 6.93. The maximum Gasteiger partial charge on any atom is 0.187 e. The van der Waals surface area contributed by atoms with Gasteiger partial charge < -0.3 is 50.0 Å². The summed E-state index contributed by atoms with van der Waals surface area (Å²) in [5, 5.41) is 67.3. The van der Waals surface area contributed by atoms with E-state index in [1.54, 1.807) is 0 Å². The number of ether oxygens (including phenoxy) is 3. The van der Waals surface area contributed by atoms with Crippen molar-refractivity contribution in [3.8, 4) is 0 Å². The predicted octanol–water partition coefficient (Wildman–Crippen LogP) is -4.37. The highest BCUT2D eigenvalue weighted by atomic mass is 16.7. The molecule has 2 aliphatic heterocycles. The molecule has 10 heteroatoms. The molecule has 130 valence electrons. The minimum Gasteiger partial charge on any atom is -0.394 e. The number of aliphatic hydroxyl groups excluding tert-OH is 7. The van der Waals surface area contributed by atoms with E-state index in [-0.39, 0.29) is 0 Å². The van der Waals surface area contributed by atoms with Crippen LogP contribution in [-0.4, -0.2) is 104 Å². The van der Waals surface area contributed by atoms with Crippen LogP contribution in [-0.2, 0) is 14.2 Å². The maximum absolute atomic E-state index is 9.91. The molecule has 0 aromatic rings. The first-order chi connectivity index (χ1) is 10.3. The van der Waals surface area contributed by atoms with Gasteiger partial charge in [-0.25, -0.2) is 0 Å². The van der Waals surface area contributed by atoms with E-state index in [4.69, 9.17) is 19.3 Å². The van der Waals surface area contributed by atoms with E-state index in [1.807, 2.05) is 0 Å². The van der Waals surface area contributed by atoms with Gasteiger partial charge in [0.25, 0.3) is 0 Å². The van der Waals surface area contributed by atoms with Crippen LogP contribution in [0.5, 0.6) is 0 Å².